The topological polar surface area (TPSA) is 96.6 Å². The number of alkyl halides is 2. The molecule has 0 amide bonds. The van der Waals surface area contributed by atoms with Crippen molar-refractivity contribution in [2.75, 3.05) is 13.1 Å². The van der Waals surface area contributed by atoms with Crippen LogP contribution in [0.5, 0.6) is 5.75 Å². The van der Waals surface area contributed by atoms with Gasteiger partial charge in [0.25, 0.3) is 0 Å². The number of benzene rings is 1. The number of ether oxygens (including phenoxy) is 1. The van der Waals surface area contributed by atoms with Crippen molar-refractivity contribution in [3.8, 4) is 5.75 Å². The van der Waals surface area contributed by atoms with E-state index in [0.717, 1.165) is 0 Å². The molecule has 0 aliphatic rings. The van der Waals surface area contributed by atoms with Crippen molar-refractivity contribution in [3.63, 3.8) is 0 Å². The highest BCUT2D eigenvalue weighted by Gasteiger charge is 2.10. The van der Waals surface area contributed by atoms with Crippen LogP contribution >= 0.6 is 24.0 Å². The highest BCUT2D eigenvalue weighted by Crippen LogP contribution is 2.18. The number of halogens is 3. The molecule has 3 N–H and O–H groups in total. The summed E-state index contributed by atoms with van der Waals surface area (Å²) in [5.41, 5.74) is 0.572. The molecule has 0 radical (unpaired) electrons. The van der Waals surface area contributed by atoms with Crippen LogP contribution in [0.25, 0.3) is 0 Å². The molecule has 1 aromatic carbocycles. The molecule has 2 rings (SSSR count). The Bertz CT molecular complexity index is 711. The lowest BCUT2D eigenvalue weighted by atomic mass is 10.1. The van der Waals surface area contributed by atoms with Gasteiger partial charge in [0.15, 0.2) is 11.8 Å². The predicted molar refractivity (Wildman–Crippen MR) is 107 cm³/mol. The van der Waals surface area contributed by atoms with Gasteiger partial charge in [0.2, 0.25) is 0 Å². The van der Waals surface area contributed by atoms with Gasteiger partial charge in [0.05, 0.1) is 6.10 Å². The van der Waals surface area contributed by atoms with Gasteiger partial charge < -0.3 is 25.0 Å². The van der Waals surface area contributed by atoms with Crippen molar-refractivity contribution >= 4 is 29.9 Å². The SMILES string of the molecule is CCNC(=NCc1nncn1C)NCC(O)c1ccc(OC(F)F)cc1.I. The lowest BCUT2D eigenvalue weighted by Crippen LogP contribution is -2.39. The lowest BCUT2D eigenvalue weighted by molar-refractivity contribution is -0.0498. The van der Waals surface area contributed by atoms with E-state index < -0.39 is 12.7 Å². The van der Waals surface area contributed by atoms with Gasteiger partial charge in [-0.2, -0.15) is 8.78 Å². The third-order valence-corrected chi connectivity index (χ3v) is 3.48. The molecule has 11 heteroatoms. The molecule has 1 unspecified atom stereocenters. The normalized spacial score (nSPS) is 12.4. The molecule has 1 heterocycles. The standard InChI is InChI=1S/C16H22F2N6O2.HI/c1-3-19-16(21-9-14-23-22-10-24(14)2)20-8-13(25)11-4-6-12(7-5-11)26-15(17)18;/h4-7,10,13,15,25H,3,8-9H2,1-2H3,(H2,19,20,21);1H. The van der Waals surface area contributed by atoms with Gasteiger partial charge in [-0.05, 0) is 24.6 Å². The summed E-state index contributed by atoms with van der Waals surface area (Å²) in [7, 11) is 1.83. The molecule has 1 atom stereocenters. The zero-order valence-electron chi connectivity index (χ0n) is 15.0. The number of nitrogens with one attached hydrogen (secondary N) is 2. The number of hydrogen-bond donors (Lipinski definition) is 3. The number of aromatic nitrogens is 3. The minimum Gasteiger partial charge on any atom is -0.435 e. The van der Waals surface area contributed by atoms with E-state index in [2.05, 4.69) is 30.6 Å². The molecule has 0 saturated carbocycles. The maximum absolute atomic E-state index is 12.1. The van der Waals surface area contributed by atoms with E-state index in [4.69, 9.17) is 0 Å². The summed E-state index contributed by atoms with van der Waals surface area (Å²) in [6.07, 6.45) is 0.755. The smallest absolute Gasteiger partial charge is 0.387 e. The predicted octanol–water partition coefficient (Wildman–Crippen LogP) is 1.82. The van der Waals surface area contributed by atoms with Crippen LogP contribution in [-0.4, -0.2) is 45.5 Å². The van der Waals surface area contributed by atoms with Gasteiger partial charge in [-0.3, -0.25) is 0 Å². The average molecular weight is 496 g/mol. The second kappa shape index (κ2) is 11.6. The Morgan fingerprint density at radius 2 is 2.00 bits per heavy atom. The van der Waals surface area contributed by atoms with Gasteiger partial charge >= 0.3 is 6.61 Å². The number of guanidine groups is 1. The molecule has 2 aromatic rings. The largest absolute Gasteiger partial charge is 0.435 e. The molecule has 0 aliphatic heterocycles. The molecule has 0 fully saturated rings. The monoisotopic (exact) mass is 496 g/mol. The first-order chi connectivity index (χ1) is 12.5. The zero-order valence-corrected chi connectivity index (χ0v) is 17.3. The second-order valence-corrected chi connectivity index (χ2v) is 5.40. The van der Waals surface area contributed by atoms with Gasteiger partial charge in [-0.25, -0.2) is 4.99 Å². The molecule has 0 aliphatic carbocycles. The van der Waals surface area contributed by atoms with E-state index in [1.807, 2.05) is 14.0 Å². The summed E-state index contributed by atoms with van der Waals surface area (Å²) < 4.78 is 30.4. The maximum atomic E-state index is 12.1. The third-order valence-electron chi connectivity index (χ3n) is 3.48. The number of aliphatic hydroxyl groups is 1. The van der Waals surface area contributed by atoms with Crippen molar-refractivity contribution in [2.45, 2.75) is 26.2 Å². The van der Waals surface area contributed by atoms with Crippen LogP contribution in [0.1, 0.15) is 24.4 Å². The van der Waals surface area contributed by atoms with Crippen molar-refractivity contribution in [3.05, 3.63) is 42.0 Å². The summed E-state index contributed by atoms with van der Waals surface area (Å²) in [6.45, 7) is 0.236. The number of aryl methyl sites for hydroxylation is 1. The fourth-order valence-corrected chi connectivity index (χ4v) is 2.12. The van der Waals surface area contributed by atoms with Gasteiger partial charge in [0.1, 0.15) is 18.6 Å². The number of hydrogen-bond acceptors (Lipinski definition) is 5. The number of aliphatic hydroxyl groups excluding tert-OH is 1. The second-order valence-electron chi connectivity index (χ2n) is 5.40. The first-order valence-electron chi connectivity index (χ1n) is 8.07. The minimum atomic E-state index is -2.87. The Morgan fingerprint density at radius 3 is 2.56 bits per heavy atom. The Kier molecular flexibility index (Phi) is 9.93. The third kappa shape index (κ3) is 7.62. The summed E-state index contributed by atoms with van der Waals surface area (Å²) >= 11 is 0. The van der Waals surface area contributed by atoms with Crippen LogP contribution < -0.4 is 15.4 Å². The van der Waals surface area contributed by atoms with Crippen molar-refractivity contribution in [2.24, 2.45) is 12.0 Å². The molecule has 150 valence electrons. The molecular weight excluding hydrogens is 473 g/mol. The maximum Gasteiger partial charge on any atom is 0.387 e. The highest BCUT2D eigenvalue weighted by molar-refractivity contribution is 14.0. The summed E-state index contributed by atoms with van der Waals surface area (Å²) in [5.74, 6) is 1.27. The quantitative estimate of drug-likeness (QED) is 0.293. The highest BCUT2D eigenvalue weighted by atomic mass is 127. The Labute approximate surface area is 173 Å². The van der Waals surface area contributed by atoms with Crippen molar-refractivity contribution < 1.29 is 18.6 Å². The first kappa shape index (κ1) is 23.0. The fourth-order valence-electron chi connectivity index (χ4n) is 2.12. The minimum absolute atomic E-state index is 0. The van der Waals surface area contributed by atoms with Gasteiger partial charge in [-0.15, -0.1) is 34.2 Å². The number of aliphatic imine (C=N–C) groups is 1. The van der Waals surface area contributed by atoms with E-state index in [9.17, 15) is 13.9 Å². The van der Waals surface area contributed by atoms with Crippen LogP contribution in [0.4, 0.5) is 8.78 Å². The summed E-state index contributed by atoms with van der Waals surface area (Å²) in [5, 5.41) is 24.1. The van der Waals surface area contributed by atoms with E-state index in [0.29, 0.717) is 30.4 Å². The zero-order chi connectivity index (χ0) is 18.9. The van der Waals surface area contributed by atoms with Crippen LogP contribution in [0.15, 0.2) is 35.6 Å². The molecule has 0 bridgehead atoms. The van der Waals surface area contributed by atoms with Crippen LogP contribution in [0.2, 0.25) is 0 Å². The van der Waals surface area contributed by atoms with E-state index in [1.165, 1.54) is 24.3 Å². The lowest BCUT2D eigenvalue weighted by Gasteiger charge is -2.16. The van der Waals surface area contributed by atoms with Gasteiger partial charge in [-0.1, -0.05) is 12.1 Å². The van der Waals surface area contributed by atoms with E-state index >= 15 is 0 Å². The summed E-state index contributed by atoms with van der Waals surface area (Å²) in [6, 6.07) is 5.84. The fraction of sp³-hybridized carbons (Fsp3) is 0.438. The molecule has 8 nitrogen and oxygen atoms in total. The number of rotatable bonds is 8. The van der Waals surface area contributed by atoms with Crippen molar-refractivity contribution in [1.29, 1.82) is 0 Å². The van der Waals surface area contributed by atoms with E-state index in [-0.39, 0.29) is 36.3 Å². The van der Waals surface area contributed by atoms with Crippen LogP contribution in [-0.2, 0) is 13.6 Å². The molecule has 1 aromatic heterocycles. The summed E-state index contributed by atoms with van der Waals surface area (Å²) in [4.78, 5) is 4.39. The Balaban J connectivity index is 0.00000364. The molecule has 0 spiro atoms. The molecule has 0 saturated heterocycles. The number of nitrogens with zero attached hydrogens (tertiary/aromatic N) is 4. The van der Waals surface area contributed by atoms with E-state index in [1.54, 1.807) is 10.9 Å². The van der Waals surface area contributed by atoms with Crippen LogP contribution in [0.3, 0.4) is 0 Å². The Morgan fingerprint density at radius 1 is 1.30 bits per heavy atom. The van der Waals surface area contributed by atoms with Crippen molar-refractivity contribution in [1.82, 2.24) is 25.4 Å². The average Bonchev–Trinajstić information content (AvgIpc) is 3.02. The van der Waals surface area contributed by atoms with Crippen LogP contribution in [0, 0.1) is 0 Å². The molecular formula is C16H23F2IN6O2. The molecule has 27 heavy (non-hydrogen) atoms. The Hall–Kier alpha value is -2.02. The first-order valence-corrected chi connectivity index (χ1v) is 8.07. The van der Waals surface area contributed by atoms with Gasteiger partial charge in [0, 0.05) is 20.1 Å².